The SMILES string of the molecule is CC(C)C(N)CNS(=O)(=O)c1ccc(C(C)(C)C)cc1. The van der Waals surface area contributed by atoms with Crippen LogP contribution in [-0.4, -0.2) is 21.0 Å². The van der Waals surface area contributed by atoms with E-state index in [4.69, 9.17) is 5.73 Å². The summed E-state index contributed by atoms with van der Waals surface area (Å²) in [5, 5.41) is 0. The zero-order chi connectivity index (χ0) is 15.6. The zero-order valence-corrected chi connectivity index (χ0v) is 13.8. The van der Waals surface area contributed by atoms with Crippen molar-refractivity contribution in [3.05, 3.63) is 29.8 Å². The van der Waals surface area contributed by atoms with Crippen molar-refractivity contribution in [2.45, 2.75) is 51.0 Å². The molecule has 0 amide bonds. The molecule has 0 aliphatic carbocycles. The van der Waals surface area contributed by atoms with Crippen molar-refractivity contribution >= 4 is 10.0 Å². The van der Waals surface area contributed by atoms with Crippen molar-refractivity contribution in [2.24, 2.45) is 11.7 Å². The molecule has 1 rings (SSSR count). The predicted octanol–water partition coefficient (Wildman–Crippen LogP) is 2.25. The third-order valence-corrected chi connectivity index (χ3v) is 4.84. The van der Waals surface area contributed by atoms with Crippen LogP contribution in [0.15, 0.2) is 29.2 Å². The van der Waals surface area contributed by atoms with E-state index in [2.05, 4.69) is 25.5 Å². The molecule has 0 spiro atoms. The lowest BCUT2D eigenvalue weighted by atomic mass is 9.87. The molecule has 0 aromatic heterocycles. The van der Waals surface area contributed by atoms with E-state index in [0.717, 1.165) is 5.56 Å². The van der Waals surface area contributed by atoms with E-state index in [1.165, 1.54) is 0 Å². The Morgan fingerprint density at radius 1 is 1.15 bits per heavy atom. The number of nitrogens with one attached hydrogen (secondary N) is 1. The van der Waals surface area contributed by atoms with Gasteiger partial charge in [0.1, 0.15) is 0 Å². The van der Waals surface area contributed by atoms with Crippen LogP contribution < -0.4 is 10.5 Å². The summed E-state index contributed by atoms with van der Waals surface area (Å²) in [7, 11) is -3.48. The third kappa shape index (κ3) is 4.58. The van der Waals surface area contributed by atoms with Crippen molar-refractivity contribution < 1.29 is 8.42 Å². The van der Waals surface area contributed by atoms with Gasteiger partial charge in [-0.3, -0.25) is 0 Å². The quantitative estimate of drug-likeness (QED) is 0.875. The van der Waals surface area contributed by atoms with Crippen LogP contribution in [0.4, 0.5) is 0 Å². The zero-order valence-electron chi connectivity index (χ0n) is 13.0. The normalized spacial score (nSPS) is 14.6. The highest BCUT2D eigenvalue weighted by molar-refractivity contribution is 7.89. The fourth-order valence-corrected chi connectivity index (χ4v) is 2.73. The second-order valence-corrected chi connectivity index (χ2v) is 8.30. The van der Waals surface area contributed by atoms with Gasteiger partial charge in [0.25, 0.3) is 0 Å². The van der Waals surface area contributed by atoms with Gasteiger partial charge in [-0.1, -0.05) is 46.8 Å². The van der Waals surface area contributed by atoms with Gasteiger partial charge in [-0.2, -0.15) is 0 Å². The van der Waals surface area contributed by atoms with Crippen LogP contribution in [0.1, 0.15) is 40.2 Å². The summed E-state index contributed by atoms with van der Waals surface area (Å²) in [5.41, 5.74) is 6.97. The molecule has 5 heteroatoms. The van der Waals surface area contributed by atoms with Gasteiger partial charge in [0.05, 0.1) is 4.90 Å². The van der Waals surface area contributed by atoms with E-state index in [1.54, 1.807) is 12.1 Å². The number of sulfonamides is 1. The van der Waals surface area contributed by atoms with Gasteiger partial charge in [0, 0.05) is 12.6 Å². The summed E-state index contributed by atoms with van der Waals surface area (Å²) in [4.78, 5) is 0.279. The van der Waals surface area contributed by atoms with Gasteiger partial charge in [-0.15, -0.1) is 0 Å². The standard InChI is InChI=1S/C15H26N2O2S/c1-11(2)14(16)10-17-20(18,19)13-8-6-12(7-9-13)15(3,4)5/h6-9,11,14,17H,10,16H2,1-5H3. The van der Waals surface area contributed by atoms with Crippen molar-refractivity contribution in [3.8, 4) is 0 Å². The molecule has 0 heterocycles. The minimum Gasteiger partial charge on any atom is -0.326 e. The molecule has 1 unspecified atom stereocenters. The minimum atomic E-state index is -3.48. The molecule has 0 radical (unpaired) electrons. The number of benzene rings is 1. The van der Waals surface area contributed by atoms with Crippen LogP contribution in [0, 0.1) is 5.92 Å². The smallest absolute Gasteiger partial charge is 0.240 e. The molecule has 0 saturated heterocycles. The summed E-state index contributed by atoms with van der Waals surface area (Å²) >= 11 is 0. The second kappa shape index (κ2) is 6.24. The molecule has 0 saturated carbocycles. The molecule has 20 heavy (non-hydrogen) atoms. The fourth-order valence-electron chi connectivity index (χ4n) is 1.66. The molecule has 1 aromatic carbocycles. The van der Waals surface area contributed by atoms with Gasteiger partial charge in [0.15, 0.2) is 0 Å². The lowest BCUT2D eigenvalue weighted by Crippen LogP contribution is -2.40. The molecule has 0 aliphatic heterocycles. The van der Waals surface area contributed by atoms with Gasteiger partial charge >= 0.3 is 0 Å². The van der Waals surface area contributed by atoms with Gasteiger partial charge in [-0.25, -0.2) is 13.1 Å². The van der Waals surface area contributed by atoms with Gasteiger partial charge in [-0.05, 0) is 29.0 Å². The minimum absolute atomic E-state index is 0.00964. The third-order valence-electron chi connectivity index (χ3n) is 3.40. The van der Waals surface area contributed by atoms with Crippen molar-refractivity contribution in [2.75, 3.05) is 6.54 Å². The molecular formula is C15H26N2O2S. The first-order chi connectivity index (χ1) is 9.04. The Morgan fingerprint density at radius 2 is 1.65 bits per heavy atom. The molecular weight excluding hydrogens is 272 g/mol. The molecule has 3 N–H and O–H groups in total. The molecule has 0 aliphatic rings. The second-order valence-electron chi connectivity index (χ2n) is 6.53. The highest BCUT2D eigenvalue weighted by Crippen LogP contribution is 2.23. The predicted molar refractivity (Wildman–Crippen MR) is 83.1 cm³/mol. The van der Waals surface area contributed by atoms with Crippen LogP contribution in [-0.2, 0) is 15.4 Å². The van der Waals surface area contributed by atoms with Crippen LogP contribution in [0.2, 0.25) is 0 Å². The number of hydrogen-bond acceptors (Lipinski definition) is 3. The highest BCUT2D eigenvalue weighted by atomic mass is 32.2. The Bertz CT molecular complexity index is 528. The van der Waals surface area contributed by atoms with E-state index in [9.17, 15) is 8.42 Å². The van der Waals surface area contributed by atoms with E-state index >= 15 is 0 Å². The van der Waals surface area contributed by atoms with E-state index in [1.807, 2.05) is 26.0 Å². The van der Waals surface area contributed by atoms with Crippen molar-refractivity contribution in [1.82, 2.24) is 4.72 Å². The maximum absolute atomic E-state index is 12.2. The lowest BCUT2D eigenvalue weighted by Gasteiger charge is -2.19. The Morgan fingerprint density at radius 3 is 2.05 bits per heavy atom. The first-order valence-corrected chi connectivity index (χ1v) is 8.38. The molecule has 0 fully saturated rings. The van der Waals surface area contributed by atoms with Crippen LogP contribution >= 0.6 is 0 Å². The van der Waals surface area contributed by atoms with E-state index < -0.39 is 10.0 Å². The van der Waals surface area contributed by atoms with Crippen molar-refractivity contribution in [3.63, 3.8) is 0 Å². The van der Waals surface area contributed by atoms with Crippen LogP contribution in [0.3, 0.4) is 0 Å². The number of rotatable bonds is 5. The maximum atomic E-state index is 12.2. The van der Waals surface area contributed by atoms with Crippen molar-refractivity contribution in [1.29, 1.82) is 0 Å². The van der Waals surface area contributed by atoms with Crippen LogP contribution in [0.25, 0.3) is 0 Å². The van der Waals surface area contributed by atoms with Gasteiger partial charge < -0.3 is 5.73 Å². The largest absolute Gasteiger partial charge is 0.326 e. The molecule has 0 bridgehead atoms. The number of nitrogens with two attached hydrogens (primary N) is 1. The Kier molecular flexibility index (Phi) is 5.35. The maximum Gasteiger partial charge on any atom is 0.240 e. The molecule has 4 nitrogen and oxygen atoms in total. The Labute approximate surface area is 122 Å². The first kappa shape index (κ1) is 17.1. The summed E-state index contributed by atoms with van der Waals surface area (Å²) in [6.07, 6.45) is 0. The lowest BCUT2D eigenvalue weighted by molar-refractivity contribution is 0.481. The highest BCUT2D eigenvalue weighted by Gasteiger charge is 2.18. The van der Waals surface area contributed by atoms with E-state index in [0.29, 0.717) is 0 Å². The summed E-state index contributed by atoms with van der Waals surface area (Å²) < 4.78 is 26.9. The van der Waals surface area contributed by atoms with E-state index in [-0.39, 0.29) is 28.8 Å². The fraction of sp³-hybridized carbons (Fsp3) is 0.600. The molecule has 1 aromatic rings. The summed E-state index contributed by atoms with van der Waals surface area (Å²) in [6, 6.07) is 6.82. The van der Waals surface area contributed by atoms with Gasteiger partial charge in [0.2, 0.25) is 10.0 Å². The molecule has 114 valence electrons. The average Bonchev–Trinajstić information content (AvgIpc) is 2.35. The summed E-state index contributed by atoms with van der Waals surface area (Å²) in [5.74, 6) is 0.237. The van der Waals surface area contributed by atoms with Crippen LogP contribution in [0.5, 0.6) is 0 Å². The Hall–Kier alpha value is -0.910. The number of hydrogen-bond donors (Lipinski definition) is 2. The Balaban J connectivity index is 2.83. The summed E-state index contributed by atoms with van der Waals surface area (Å²) in [6.45, 7) is 10.5. The first-order valence-electron chi connectivity index (χ1n) is 6.90. The molecule has 1 atom stereocenters. The monoisotopic (exact) mass is 298 g/mol. The average molecular weight is 298 g/mol. The topological polar surface area (TPSA) is 72.2 Å².